The number of rotatable bonds is 3. The van der Waals surface area contributed by atoms with Gasteiger partial charge in [0.1, 0.15) is 11.6 Å². The molecule has 0 aliphatic rings. The lowest BCUT2D eigenvalue weighted by molar-refractivity contribution is -0.156. The van der Waals surface area contributed by atoms with Gasteiger partial charge >= 0.3 is 5.97 Å². The Morgan fingerprint density at radius 2 is 2.00 bits per heavy atom. The number of halogens is 2. The van der Waals surface area contributed by atoms with E-state index in [4.69, 9.17) is 10.5 Å². The number of imidazole rings is 1. The van der Waals surface area contributed by atoms with Gasteiger partial charge in [0.05, 0.1) is 23.9 Å². The number of ether oxygens (including phenoxy) is 1. The second-order valence-corrected chi connectivity index (χ2v) is 5.79. The lowest BCUT2D eigenvalue weighted by atomic mass is 10.2. The van der Waals surface area contributed by atoms with Crippen molar-refractivity contribution < 1.29 is 18.3 Å². The maximum Gasteiger partial charge on any atom is 0.325 e. The van der Waals surface area contributed by atoms with E-state index in [-0.39, 0.29) is 6.54 Å². The fourth-order valence-electron chi connectivity index (χ4n) is 1.86. The van der Waals surface area contributed by atoms with Crippen LogP contribution in [0, 0.1) is 11.6 Å². The molecule has 2 N–H and O–H groups in total. The first kappa shape index (κ1) is 15.4. The summed E-state index contributed by atoms with van der Waals surface area (Å²) in [7, 11) is 0. The summed E-state index contributed by atoms with van der Waals surface area (Å²) < 4.78 is 33.1. The highest BCUT2D eigenvalue weighted by atomic mass is 19.2. The molecule has 1 aromatic heterocycles. The number of fused-ring (bicyclic) bond motifs is 1. The Labute approximate surface area is 120 Å². The highest BCUT2D eigenvalue weighted by Crippen LogP contribution is 2.18. The van der Waals surface area contributed by atoms with Crippen molar-refractivity contribution in [1.29, 1.82) is 0 Å². The number of carbonyl (C=O) groups is 1. The van der Waals surface area contributed by atoms with E-state index in [0.717, 1.165) is 12.1 Å². The van der Waals surface area contributed by atoms with Crippen LogP contribution >= 0.6 is 0 Å². The first-order valence-corrected chi connectivity index (χ1v) is 6.46. The molecule has 0 bridgehead atoms. The maximum absolute atomic E-state index is 13.3. The van der Waals surface area contributed by atoms with Gasteiger partial charge in [-0.2, -0.15) is 0 Å². The number of hydrogen-bond acceptors (Lipinski definition) is 4. The molecule has 21 heavy (non-hydrogen) atoms. The number of nitrogens with zero attached hydrogens (tertiary/aromatic N) is 2. The van der Waals surface area contributed by atoms with Gasteiger partial charge in [-0.3, -0.25) is 4.79 Å². The lowest BCUT2D eigenvalue weighted by Gasteiger charge is -2.22. The van der Waals surface area contributed by atoms with E-state index in [9.17, 15) is 13.6 Å². The molecule has 1 unspecified atom stereocenters. The monoisotopic (exact) mass is 297 g/mol. The van der Waals surface area contributed by atoms with Gasteiger partial charge in [0, 0.05) is 12.1 Å². The molecular formula is C14H17F2N3O2. The van der Waals surface area contributed by atoms with E-state index in [1.54, 1.807) is 20.8 Å². The maximum atomic E-state index is 13.3. The minimum absolute atomic E-state index is 0.0660. The molecule has 0 spiro atoms. The fourth-order valence-corrected chi connectivity index (χ4v) is 1.86. The molecule has 0 radical (unpaired) electrons. The molecule has 0 fully saturated rings. The van der Waals surface area contributed by atoms with Gasteiger partial charge in [0.2, 0.25) is 0 Å². The summed E-state index contributed by atoms with van der Waals surface area (Å²) in [5, 5.41) is 0. The van der Waals surface area contributed by atoms with Crippen molar-refractivity contribution >= 4 is 17.0 Å². The van der Waals surface area contributed by atoms with Crippen LogP contribution in [0.3, 0.4) is 0 Å². The second-order valence-electron chi connectivity index (χ2n) is 5.79. The summed E-state index contributed by atoms with van der Waals surface area (Å²) >= 11 is 0. The zero-order valence-electron chi connectivity index (χ0n) is 12.1. The van der Waals surface area contributed by atoms with E-state index in [1.807, 2.05) is 0 Å². The second kappa shape index (κ2) is 5.40. The Morgan fingerprint density at radius 1 is 1.38 bits per heavy atom. The van der Waals surface area contributed by atoms with Crippen molar-refractivity contribution in [3.05, 3.63) is 30.1 Å². The molecule has 5 nitrogen and oxygen atoms in total. The minimum Gasteiger partial charge on any atom is -0.459 e. The van der Waals surface area contributed by atoms with Crippen molar-refractivity contribution in [2.24, 2.45) is 5.73 Å². The number of hydrogen-bond donors (Lipinski definition) is 1. The predicted molar refractivity (Wildman–Crippen MR) is 73.5 cm³/mol. The standard InChI is InChI=1S/C14H17F2N3O2/c1-14(2,3)21-13(20)10(17)6-19-7-18-11-4-8(15)9(16)5-12(11)19/h4-5,7,10H,6,17H2,1-3H3. The van der Waals surface area contributed by atoms with Crippen LogP contribution in [0.25, 0.3) is 11.0 Å². The molecule has 0 saturated carbocycles. The largest absolute Gasteiger partial charge is 0.459 e. The summed E-state index contributed by atoms with van der Waals surface area (Å²) in [6, 6.07) is 1.11. The van der Waals surface area contributed by atoms with Crippen molar-refractivity contribution in [3.63, 3.8) is 0 Å². The van der Waals surface area contributed by atoms with Gasteiger partial charge in [-0.05, 0) is 20.8 Å². The van der Waals surface area contributed by atoms with E-state index in [2.05, 4.69) is 4.98 Å². The Kier molecular flexibility index (Phi) is 3.95. The molecule has 2 rings (SSSR count). The lowest BCUT2D eigenvalue weighted by Crippen LogP contribution is -2.40. The van der Waals surface area contributed by atoms with Crippen molar-refractivity contribution in [1.82, 2.24) is 9.55 Å². The van der Waals surface area contributed by atoms with E-state index >= 15 is 0 Å². The molecule has 0 saturated heterocycles. The molecule has 0 aliphatic carbocycles. The summed E-state index contributed by atoms with van der Waals surface area (Å²) in [6.07, 6.45) is 1.38. The van der Waals surface area contributed by atoms with Crippen LogP contribution in [0.4, 0.5) is 8.78 Å². The third-order valence-corrected chi connectivity index (χ3v) is 2.77. The number of carbonyl (C=O) groups excluding carboxylic acids is 1. The number of nitrogens with two attached hydrogens (primary N) is 1. The first-order valence-electron chi connectivity index (χ1n) is 6.46. The third-order valence-electron chi connectivity index (χ3n) is 2.77. The Bertz CT molecular complexity index is 677. The van der Waals surface area contributed by atoms with Crippen molar-refractivity contribution in [2.75, 3.05) is 0 Å². The first-order chi connectivity index (χ1) is 9.67. The average Bonchev–Trinajstić information content (AvgIpc) is 2.70. The number of benzene rings is 1. The van der Waals surface area contributed by atoms with Gasteiger partial charge in [-0.15, -0.1) is 0 Å². The Hall–Kier alpha value is -2.02. The Balaban J connectivity index is 2.20. The van der Waals surface area contributed by atoms with Crippen LogP contribution < -0.4 is 5.73 Å². The predicted octanol–water partition coefficient (Wildman–Crippen LogP) is 1.98. The molecule has 7 heteroatoms. The average molecular weight is 297 g/mol. The number of esters is 1. The highest BCUT2D eigenvalue weighted by Gasteiger charge is 2.23. The molecule has 0 amide bonds. The summed E-state index contributed by atoms with van der Waals surface area (Å²) in [5.41, 5.74) is 5.81. The van der Waals surface area contributed by atoms with Crippen molar-refractivity contribution in [3.8, 4) is 0 Å². The Morgan fingerprint density at radius 3 is 2.62 bits per heavy atom. The van der Waals surface area contributed by atoms with Gasteiger partial charge in [-0.25, -0.2) is 13.8 Å². The van der Waals surface area contributed by atoms with Crippen LogP contribution in [0.5, 0.6) is 0 Å². The SMILES string of the molecule is CC(C)(C)OC(=O)C(N)Cn1cnc2cc(F)c(F)cc21. The smallest absolute Gasteiger partial charge is 0.325 e. The van der Waals surface area contributed by atoms with Crippen molar-refractivity contribution in [2.45, 2.75) is 39.0 Å². The van der Waals surface area contributed by atoms with Crippen LogP contribution in [-0.2, 0) is 16.1 Å². The van der Waals surface area contributed by atoms with Crippen LogP contribution in [0.2, 0.25) is 0 Å². The third kappa shape index (κ3) is 3.55. The van der Waals surface area contributed by atoms with Gasteiger partial charge in [0.15, 0.2) is 11.6 Å². The molecule has 2 aromatic rings. The minimum atomic E-state index is -0.977. The molecule has 114 valence electrons. The normalized spacial score (nSPS) is 13.4. The summed E-state index contributed by atoms with van der Waals surface area (Å²) in [6.45, 7) is 5.28. The van der Waals surface area contributed by atoms with Crippen LogP contribution in [0.15, 0.2) is 18.5 Å². The topological polar surface area (TPSA) is 70.1 Å². The summed E-state index contributed by atoms with van der Waals surface area (Å²) in [4.78, 5) is 15.8. The van der Waals surface area contributed by atoms with E-state index < -0.39 is 29.2 Å². The number of aromatic nitrogens is 2. The van der Waals surface area contributed by atoms with E-state index in [1.165, 1.54) is 10.9 Å². The molecule has 1 heterocycles. The highest BCUT2D eigenvalue weighted by molar-refractivity contribution is 5.78. The summed E-state index contributed by atoms with van der Waals surface area (Å²) in [5.74, 6) is -2.51. The van der Waals surface area contributed by atoms with Crippen LogP contribution in [-0.4, -0.2) is 27.2 Å². The molecular weight excluding hydrogens is 280 g/mol. The fraction of sp³-hybridized carbons (Fsp3) is 0.429. The van der Waals surface area contributed by atoms with Gasteiger partial charge in [-0.1, -0.05) is 0 Å². The molecule has 1 aromatic carbocycles. The zero-order valence-corrected chi connectivity index (χ0v) is 12.1. The molecule has 0 aliphatic heterocycles. The van der Waals surface area contributed by atoms with Gasteiger partial charge < -0.3 is 15.0 Å². The van der Waals surface area contributed by atoms with Gasteiger partial charge in [0.25, 0.3) is 0 Å². The quantitative estimate of drug-likeness (QED) is 0.880. The van der Waals surface area contributed by atoms with Crippen LogP contribution in [0.1, 0.15) is 20.8 Å². The molecule has 1 atom stereocenters. The zero-order chi connectivity index (χ0) is 15.8. The van der Waals surface area contributed by atoms with E-state index in [0.29, 0.717) is 11.0 Å².